The fourth-order valence-electron chi connectivity index (χ4n) is 2.50. The molecule has 138 valence electrons. The van der Waals surface area contributed by atoms with Crippen LogP contribution in [-0.2, 0) is 11.3 Å². The van der Waals surface area contributed by atoms with Crippen LogP contribution in [0.1, 0.15) is 23.1 Å². The number of hydrazone groups is 1. The van der Waals surface area contributed by atoms with Crippen molar-refractivity contribution in [3.8, 4) is 5.82 Å². The van der Waals surface area contributed by atoms with E-state index in [0.717, 1.165) is 13.1 Å². The second-order valence-electron chi connectivity index (χ2n) is 5.55. The topological polar surface area (TPSA) is 151 Å². The molecule has 0 saturated carbocycles. The van der Waals surface area contributed by atoms with Crippen LogP contribution in [0.3, 0.4) is 0 Å². The minimum atomic E-state index is -0.477. The molecule has 0 aliphatic carbocycles. The number of carbonyl (C=O) groups excluding carboxylic acids is 1. The maximum Gasteiger partial charge on any atom is 0.294 e. The van der Waals surface area contributed by atoms with E-state index in [9.17, 15) is 4.79 Å². The van der Waals surface area contributed by atoms with Gasteiger partial charge in [0.25, 0.3) is 5.91 Å². The van der Waals surface area contributed by atoms with Crippen molar-refractivity contribution in [1.29, 1.82) is 0 Å². The number of ether oxygens (including phenoxy) is 1. The molecule has 0 unspecified atom stereocenters. The third-order valence-corrected chi connectivity index (χ3v) is 3.81. The van der Waals surface area contributed by atoms with Gasteiger partial charge in [-0.05, 0) is 23.3 Å². The van der Waals surface area contributed by atoms with Crippen molar-refractivity contribution < 1.29 is 19.1 Å². The number of nitrogens with two attached hydrogens (primary N) is 1. The van der Waals surface area contributed by atoms with Crippen LogP contribution in [-0.4, -0.2) is 63.7 Å². The van der Waals surface area contributed by atoms with E-state index < -0.39 is 5.91 Å². The molecule has 2 aromatic heterocycles. The minimum absolute atomic E-state index is 0.0613. The molecule has 1 aliphatic heterocycles. The Hall–Kier alpha value is -3.12. The van der Waals surface area contributed by atoms with E-state index in [4.69, 9.17) is 10.5 Å². The van der Waals surface area contributed by atoms with E-state index in [1.807, 2.05) is 6.92 Å². The molecule has 12 heteroatoms. The van der Waals surface area contributed by atoms with Gasteiger partial charge in [0.2, 0.25) is 11.6 Å². The van der Waals surface area contributed by atoms with Crippen molar-refractivity contribution in [1.82, 2.24) is 30.7 Å². The van der Waals surface area contributed by atoms with Crippen molar-refractivity contribution in [3.63, 3.8) is 0 Å². The Morgan fingerprint density at radius 2 is 2.23 bits per heavy atom. The van der Waals surface area contributed by atoms with Gasteiger partial charge in [0, 0.05) is 6.21 Å². The highest BCUT2D eigenvalue weighted by Crippen LogP contribution is 2.15. The van der Waals surface area contributed by atoms with Gasteiger partial charge < -0.3 is 15.4 Å². The first kappa shape index (κ1) is 17.7. The largest absolute Gasteiger partial charge is 0.378 e. The van der Waals surface area contributed by atoms with E-state index >= 15 is 0 Å². The van der Waals surface area contributed by atoms with Crippen molar-refractivity contribution in [2.24, 2.45) is 5.10 Å². The number of hydrogen-bond acceptors (Lipinski definition) is 9. The number of carbonyl (C=O) groups is 1. The lowest BCUT2D eigenvalue weighted by Gasteiger charge is -2.23. The Kier molecular flexibility index (Phi) is 5.66. The Morgan fingerprint density at radius 1 is 1.42 bits per heavy atom. The van der Waals surface area contributed by atoms with E-state index in [1.54, 1.807) is 12.2 Å². The summed E-state index contributed by atoms with van der Waals surface area (Å²) in [4.78, 5) is 13.7. The standard InChI is InChI=1S/C14H19N9O3/c1-2-3-4-16-18-14(24)11-10(9-22-5-7-25-8-6-22)23(21-17-11)13-12(15)19-26-20-13/h2-4H,5-9H2,1H3,(H2,15,19)(H,18,24)/p+1/b3-2+,16-4-. The first-order valence-corrected chi connectivity index (χ1v) is 8.09. The number of morpholine rings is 1. The average Bonchev–Trinajstić information content (AvgIpc) is 3.25. The van der Waals surface area contributed by atoms with Gasteiger partial charge in [-0.15, -0.1) is 5.10 Å². The second-order valence-corrected chi connectivity index (χ2v) is 5.55. The van der Waals surface area contributed by atoms with Crippen molar-refractivity contribution in [3.05, 3.63) is 23.5 Å². The molecule has 0 spiro atoms. The molecule has 1 amide bonds. The second kappa shape index (κ2) is 8.31. The molecule has 0 atom stereocenters. The number of aromatic nitrogens is 5. The van der Waals surface area contributed by atoms with E-state index in [-0.39, 0.29) is 17.3 Å². The predicted octanol–water partition coefficient (Wildman–Crippen LogP) is -2.06. The zero-order valence-corrected chi connectivity index (χ0v) is 14.3. The molecule has 2 aromatic rings. The van der Waals surface area contributed by atoms with Crippen LogP contribution in [0.5, 0.6) is 0 Å². The minimum Gasteiger partial charge on any atom is -0.378 e. The van der Waals surface area contributed by atoms with Crippen LogP contribution in [0.25, 0.3) is 5.82 Å². The molecule has 26 heavy (non-hydrogen) atoms. The molecule has 0 radical (unpaired) electrons. The van der Waals surface area contributed by atoms with Crippen molar-refractivity contribution in [2.45, 2.75) is 13.5 Å². The highest BCUT2D eigenvalue weighted by Gasteiger charge is 2.27. The van der Waals surface area contributed by atoms with Crippen LogP contribution >= 0.6 is 0 Å². The summed E-state index contributed by atoms with van der Waals surface area (Å²) < 4.78 is 11.4. The Labute approximate surface area is 148 Å². The number of rotatable bonds is 6. The number of amides is 1. The molecule has 12 nitrogen and oxygen atoms in total. The number of nitrogens with zero attached hydrogens (tertiary/aromatic N) is 6. The molecule has 3 heterocycles. The summed E-state index contributed by atoms with van der Waals surface area (Å²) in [5.41, 5.74) is 8.87. The Morgan fingerprint density at radius 3 is 2.92 bits per heavy atom. The number of anilines is 1. The Balaban J connectivity index is 1.89. The number of quaternary nitrogens is 1. The van der Waals surface area contributed by atoms with Gasteiger partial charge in [-0.1, -0.05) is 11.3 Å². The summed E-state index contributed by atoms with van der Waals surface area (Å²) >= 11 is 0. The summed E-state index contributed by atoms with van der Waals surface area (Å²) in [6.07, 6.45) is 4.95. The van der Waals surface area contributed by atoms with Gasteiger partial charge in [-0.3, -0.25) is 4.79 Å². The maximum absolute atomic E-state index is 12.4. The molecule has 0 aromatic carbocycles. The number of nitrogen functional groups attached to an aromatic ring is 1. The molecule has 0 bridgehead atoms. The maximum atomic E-state index is 12.4. The molecular weight excluding hydrogens is 342 g/mol. The number of hydrogen-bond donors (Lipinski definition) is 3. The predicted molar refractivity (Wildman–Crippen MR) is 89.6 cm³/mol. The average molecular weight is 362 g/mol. The third kappa shape index (κ3) is 3.92. The van der Waals surface area contributed by atoms with Gasteiger partial charge in [0.1, 0.15) is 25.3 Å². The zero-order valence-electron chi connectivity index (χ0n) is 14.3. The van der Waals surface area contributed by atoms with Crippen LogP contribution < -0.4 is 16.1 Å². The number of nitrogens with one attached hydrogen (secondary N) is 2. The molecule has 3 rings (SSSR count). The van der Waals surface area contributed by atoms with Crippen LogP contribution in [0.2, 0.25) is 0 Å². The Bertz CT molecular complexity index is 804. The van der Waals surface area contributed by atoms with E-state index in [1.165, 1.54) is 15.8 Å². The van der Waals surface area contributed by atoms with Gasteiger partial charge in [0.15, 0.2) is 5.69 Å². The molecule has 4 N–H and O–H groups in total. The molecule has 1 saturated heterocycles. The summed E-state index contributed by atoms with van der Waals surface area (Å²) in [5, 5.41) is 19.1. The number of allylic oxidation sites excluding steroid dienone is 2. The van der Waals surface area contributed by atoms with Crippen LogP contribution in [0.15, 0.2) is 21.9 Å². The fraction of sp³-hybridized carbons (Fsp3) is 0.429. The third-order valence-electron chi connectivity index (χ3n) is 3.81. The lowest BCUT2D eigenvalue weighted by Crippen LogP contribution is -3.12. The molecule has 1 aliphatic rings. The summed E-state index contributed by atoms with van der Waals surface area (Å²) in [7, 11) is 0. The highest BCUT2D eigenvalue weighted by atomic mass is 16.6. The SMILES string of the molecule is C/C=C/C=N\NC(=O)c1nnn(-c2nonc2N)c1C[NH+]1CCOCC1. The van der Waals surface area contributed by atoms with Gasteiger partial charge in [-0.2, -0.15) is 9.78 Å². The van der Waals surface area contributed by atoms with E-state index in [2.05, 4.69) is 35.8 Å². The first-order chi connectivity index (χ1) is 12.7. The highest BCUT2D eigenvalue weighted by molar-refractivity contribution is 5.93. The molecule has 1 fully saturated rings. The summed E-state index contributed by atoms with van der Waals surface area (Å²) in [5.74, 6) is -0.225. The summed E-state index contributed by atoms with van der Waals surface area (Å²) in [6.45, 7) is 5.25. The monoisotopic (exact) mass is 362 g/mol. The van der Waals surface area contributed by atoms with Crippen LogP contribution in [0, 0.1) is 0 Å². The lowest BCUT2D eigenvalue weighted by atomic mass is 10.2. The first-order valence-electron chi connectivity index (χ1n) is 8.09. The van der Waals surface area contributed by atoms with Gasteiger partial charge >= 0.3 is 0 Å². The smallest absolute Gasteiger partial charge is 0.294 e. The quantitative estimate of drug-likeness (QED) is 0.392. The van der Waals surface area contributed by atoms with Crippen molar-refractivity contribution in [2.75, 3.05) is 32.0 Å². The zero-order chi connectivity index (χ0) is 18.4. The van der Waals surface area contributed by atoms with Crippen LogP contribution in [0.4, 0.5) is 5.82 Å². The lowest BCUT2D eigenvalue weighted by molar-refractivity contribution is -0.921. The summed E-state index contributed by atoms with van der Waals surface area (Å²) in [6, 6.07) is 0. The van der Waals surface area contributed by atoms with Gasteiger partial charge in [-0.25, -0.2) is 10.1 Å². The fourth-order valence-corrected chi connectivity index (χ4v) is 2.50. The van der Waals surface area contributed by atoms with E-state index in [0.29, 0.717) is 25.5 Å². The molecular formula is C14H20N9O3+. The van der Waals surface area contributed by atoms with Gasteiger partial charge in [0.05, 0.1) is 13.2 Å². The normalized spacial score (nSPS) is 15.9. The van der Waals surface area contributed by atoms with Crippen molar-refractivity contribution >= 4 is 17.9 Å².